The van der Waals surface area contributed by atoms with E-state index in [0.29, 0.717) is 5.02 Å². The average molecular weight is 354 g/mol. The first-order valence-electron chi connectivity index (χ1n) is 5.76. The van der Waals surface area contributed by atoms with Crippen LogP contribution in [0, 0.1) is 0 Å². The van der Waals surface area contributed by atoms with Crippen LogP contribution in [-0.2, 0) is 0 Å². The molecule has 0 saturated heterocycles. The molecule has 1 N–H and O–H groups in total. The van der Waals surface area contributed by atoms with Crippen molar-refractivity contribution in [2.45, 2.75) is 6.10 Å². The van der Waals surface area contributed by atoms with E-state index in [4.69, 9.17) is 11.6 Å². The lowest BCUT2D eigenvalue weighted by Crippen LogP contribution is -1.99. The molecule has 0 aliphatic heterocycles. The van der Waals surface area contributed by atoms with Gasteiger partial charge in [-0.15, -0.1) is 11.3 Å². The molecule has 0 radical (unpaired) electrons. The summed E-state index contributed by atoms with van der Waals surface area (Å²) in [7, 11) is 0. The topological polar surface area (TPSA) is 20.2 Å². The van der Waals surface area contributed by atoms with Gasteiger partial charge in [0.2, 0.25) is 0 Å². The molecule has 0 aliphatic rings. The maximum absolute atomic E-state index is 10.6. The third-order valence-corrected chi connectivity index (χ3v) is 4.97. The zero-order chi connectivity index (χ0) is 13.4. The van der Waals surface area contributed by atoms with E-state index in [1.54, 1.807) is 23.5 Å². The van der Waals surface area contributed by atoms with Gasteiger partial charge in [0.25, 0.3) is 0 Å². The summed E-state index contributed by atoms with van der Waals surface area (Å²) in [5.74, 6) is 0. The summed E-state index contributed by atoms with van der Waals surface area (Å²) in [6, 6.07) is 13.5. The summed E-state index contributed by atoms with van der Waals surface area (Å²) < 4.78 is 2.00. The van der Waals surface area contributed by atoms with Crippen LogP contribution in [0.3, 0.4) is 0 Å². The van der Waals surface area contributed by atoms with E-state index >= 15 is 0 Å². The second kappa shape index (κ2) is 5.25. The highest BCUT2D eigenvalue weighted by Crippen LogP contribution is 2.36. The summed E-state index contributed by atoms with van der Waals surface area (Å²) in [6.07, 6.45) is -0.650. The second-order valence-electron chi connectivity index (χ2n) is 4.26. The molecule has 0 amide bonds. The van der Waals surface area contributed by atoms with E-state index in [0.717, 1.165) is 21.0 Å². The number of fused-ring (bicyclic) bond motifs is 1. The van der Waals surface area contributed by atoms with Gasteiger partial charge in [0.1, 0.15) is 6.10 Å². The number of hydrogen-bond acceptors (Lipinski definition) is 2. The Kier molecular flexibility index (Phi) is 3.63. The van der Waals surface area contributed by atoms with Crippen molar-refractivity contribution in [3.8, 4) is 0 Å². The monoisotopic (exact) mass is 352 g/mol. The minimum atomic E-state index is -0.650. The van der Waals surface area contributed by atoms with E-state index in [-0.39, 0.29) is 0 Å². The summed E-state index contributed by atoms with van der Waals surface area (Å²) in [4.78, 5) is 0. The normalized spacial score (nSPS) is 12.8. The molecule has 0 fully saturated rings. The Bertz CT molecular complexity index is 738. The molecule has 0 saturated carbocycles. The molecule has 2 aromatic carbocycles. The zero-order valence-electron chi connectivity index (χ0n) is 9.81. The minimum absolute atomic E-state index is 0.650. The maximum atomic E-state index is 10.6. The first kappa shape index (κ1) is 13.1. The number of aliphatic hydroxyl groups excluding tert-OH is 1. The Morgan fingerprint density at radius 1 is 1.11 bits per heavy atom. The molecule has 0 bridgehead atoms. The molecule has 4 heteroatoms. The lowest BCUT2D eigenvalue weighted by atomic mass is 10.0. The van der Waals surface area contributed by atoms with Gasteiger partial charge in [-0.1, -0.05) is 51.8 Å². The highest BCUT2D eigenvalue weighted by Gasteiger charge is 2.17. The fourth-order valence-corrected chi connectivity index (χ4v) is 3.98. The molecule has 1 atom stereocenters. The Morgan fingerprint density at radius 2 is 1.89 bits per heavy atom. The fourth-order valence-electron chi connectivity index (χ4n) is 2.10. The Hall–Kier alpha value is -0.870. The summed E-state index contributed by atoms with van der Waals surface area (Å²) in [5.41, 5.74) is 1.76. The van der Waals surface area contributed by atoms with Gasteiger partial charge in [0, 0.05) is 19.8 Å². The summed E-state index contributed by atoms with van der Waals surface area (Å²) >= 11 is 11.0. The molecule has 1 aromatic heterocycles. The van der Waals surface area contributed by atoms with Gasteiger partial charge in [-0.3, -0.25) is 0 Å². The van der Waals surface area contributed by atoms with E-state index in [1.807, 2.05) is 29.6 Å². The molecule has 19 heavy (non-hydrogen) atoms. The molecule has 0 aliphatic carbocycles. The quantitative estimate of drug-likeness (QED) is 0.654. The van der Waals surface area contributed by atoms with Crippen LogP contribution in [0.1, 0.15) is 17.2 Å². The summed E-state index contributed by atoms with van der Waals surface area (Å²) in [6.45, 7) is 0. The Balaban J connectivity index is 2.10. The molecule has 3 aromatic rings. The molecule has 0 spiro atoms. The van der Waals surface area contributed by atoms with Crippen molar-refractivity contribution in [2.75, 3.05) is 0 Å². The number of aliphatic hydroxyl groups is 1. The van der Waals surface area contributed by atoms with Crippen molar-refractivity contribution in [3.63, 3.8) is 0 Å². The number of halogens is 2. The van der Waals surface area contributed by atoms with E-state index in [2.05, 4.69) is 22.0 Å². The van der Waals surface area contributed by atoms with Crippen molar-refractivity contribution in [2.24, 2.45) is 0 Å². The van der Waals surface area contributed by atoms with E-state index in [9.17, 15) is 5.11 Å². The average Bonchev–Trinajstić information content (AvgIpc) is 2.82. The summed E-state index contributed by atoms with van der Waals surface area (Å²) in [5, 5.41) is 14.3. The molecule has 1 nitrogen and oxygen atoms in total. The number of thiophene rings is 1. The Morgan fingerprint density at radius 3 is 2.68 bits per heavy atom. The van der Waals surface area contributed by atoms with E-state index < -0.39 is 6.10 Å². The largest absolute Gasteiger partial charge is 0.384 e. The van der Waals surface area contributed by atoms with Gasteiger partial charge in [-0.05, 0) is 34.5 Å². The third kappa shape index (κ3) is 2.43. The number of benzene rings is 2. The first-order valence-corrected chi connectivity index (χ1v) is 7.81. The van der Waals surface area contributed by atoms with Crippen molar-refractivity contribution in [3.05, 3.63) is 68.5 Å². The molecule has 1 heterocycles. The van der Waals surface area contributed by atoms with Crippen LogP contribution in [0.2, 0.25) is 5.02 Å². The lowest BCUT2D eigenvalue weighted by molar-refractivity contribution is 0.221. The predicted molar refractivity (Wildman–Crippen MR) is 85.0 cm³/mol. The highest BCUT2D eigenvalue weighted by atomic mass is 79.9. The van der Waals surface area contributed by atoms with Crippen molar-refractivity contribution >= 4 is 49.0 Å². The number of hydrogen-bond donors (Lipinski definition) is 1. The van der Waals surface area contributed by atoms with Crippen LogP contribution >= 0.6 is 38.9 Å². The van der Waals surface area contributed by atoms with Gasteiger partial charge in [-0.25, -0.2) is 0 Å². The van der Waals surface area contributed by atoms with Crippen LogP contribution in [0.25, 0.3) is 10.1 Å². The standard InChI is InChI=1S/C15H10BrClOS/c16-13-7-9(17)5-6-11(13)15(18)12-8-19-14-4-2-1-3-10(12)14/h1-8,15,18H. The van der Waals surface area contributed by atoms with Crippen molar-refractivity contribution in [1.29, 1.82) is 0 Å². The van der Waals surface area contributed by atoms with Crippen LogP contribution < -0.4 is 0 Å². The smallest absolute Gasteiger partial charge is 0.107 e. The predicted octanol–water partition coefficient (Wildman–Crippen LogP) is 5.40. The van der Waals surface area contributed by atoms with Crippen LogP contribution in [0.5, 0.6) is 0 Å². The van der Waals surface area contributed by atoms with Gasteiger partial charge in [-0.2, -0.15) is 0 Å². The van der Waals surface area contributed by atoms with Crippen molar-refractivity contribution < 1.29 is 5.11 Å². The van der Waals surface area contributed by atoms with Crippen LogP contribution in [0.4, 0.5) is 0 Å². The van der Waals surface area contributed by atoms with Gasteiger partial charge in [0.15, 0.2) is 0 Å². The molecule has 1 unspecified atom stereocenters. The third-order valence-electron chi connectivity index (χ3n) is 3.06. The molecular formula is C15H10BrClOS. The SMILES string of the molecule is OC(c1ccc(Cl)cc1Br)c1csc2ccccc12. The maximum Gasteiger partial charge on any atom is 0.107 e. The Labute approximate surface area is 128 Å². The molecule has 3 rings (SSSR count). The zero-order valence-corrected chi connectivity index (χ0v) is 13.0. The lowest BCUT2D eigenvalue weighted by Gasteiger charge is -2.12. The van der Waals surface area contributed by atoms with E-state index in [1.165, 1.54) is 4.70 Å². The molecular weight excluding hydrogens is 344 g/mol. The first-order chi connectivity index (χ1) is 9.16. The fraction of sp³-hybridized carbons (Fsp3) is 0.0667. The minimum Gasteiger partial charge on any atom is -0.384 e. The van der Waals surface area contributed by atoms with Gasteiger partial charge >= 0.3 is 0 Å². The highest BCUT2D eigenvalue weighted by molar-refractivity contribution is 9.10. The number of rotatable bonds is 2. The van der Waals surface area contributed by atoms with Gasteiger partial charge < -0.3 is 5.11 Å². The second-order valence-corrected chi connectivity index (χ2v) is 6.46. The van der Waals surface area contributed by atoms with Crippen molar-refractivity contribution in [1.82, 2.24) is 0 Å². The van der Waals surface area contributed by atoms with Crippen LogP contribution in [-0.4, -0.2) is 5.11 Å². The van der Waals surface area contributed by atoms with Gasteiger partial charge in [0.05, 0.1) is 0 Å². The molecule has 96 valence electrons. The van der Waals surface area contributed by atoms with Crippen LogP contribution in [0.15, 0.2) is 52.3 Å².